The summed E-state index contributed by atoms with van der Waals surface area (Å²) < 4.78 is 0. The number of nitrogens with zero attached hydrogens (tertiary/aromatic N) is 1. The molecule has 1 aliphatic rings. The Morgan fingerprint density at radius 1 is 1.03 bits per heavy atom. The zero-order valence-corrected chi connectivity index (χ0v) is 16.1. The fourth-order valence-corrected chi connectivity index (χ4v) is 3.32. The first-order valence-corrected chi connectivity index (χ1v) is 9.66. The van der Waals surface area contributed by atoms with Crippen LogP contribution in [0.2, 0.25) is 0 Å². The number of amides is 4. The molecule has 0 radical (unpaired) electrons. The number of hydrogen-bond donors (Lipinski definition) is 3. The van der Waals surface area contributed by atoms with Crippen molar-refractivity contribution in [2.24, 2.45) is 0 Å². The second-order valence-electron chi connectivity index (χ2n) is 7.09. The van der Waals surface area contributed by atoms with Crippen LogP contribution in [0.4, 0.5) is 4.79 Å². The Morgan fingerprint density at radius 2 is 1.66 bits per heavy atom. The van der Waals surface area contributed by atoms with E-state index >= 15 is 0 Å². The number of imide groups is 1. The highest BCUT2D eigenvalue weighted by Crippen LogP contribution is 2.15. The maximum atomic E-state index is 12.5. The van der Waals surface area contributed by atoms with Crippen LogP contribution in [0.15, 0.2) is 60.7 Å². The molecule has 29 heavy (non-hydrogen) atoms. The molecule has 152 valence electrons. The Labute approximate surface area is 169 Å². The Kier molecular flexibility index (Phi) is 6.97. The second-order valence-corrected chi connectivity index (χ2v) is 7.09. The Morgan fingerprint density at radius 3 is 2.28 bits per heavy atom. The van der Waals surface area contributed by atoms with Crippen molar-refractivity contribution in [1.29, 1.82) is 0 Å². The summed E-state index contributed by atoms with van der Waals surface area (Å²) in [7, 11) is 0. The van der Waals surface area contributed by atoms with Gasteiger partial charge in [-0.3, -0.25) is 14.5 Å². The molecule has 2 unspecified atom stereocenters. The van der Waals surface area contributed by atoms with Crippen LogP contribution in [0.5, 0.6) is 0 Å². The molecule has 1 fully saturated rings. The van der Waals surface area contributed by atoms with Gasteiger partial charge in [-0.2, -0.15) is 0 Å². The van der Waals surface area contributed by atoms with E-state index in [9.17, 15) is 19.5 Å². The van der Waals surface area contributed by atoms with Crippen LogP contribution >= 0.6 is 0 Å². The number of nitrogens with one attached hydrogen (secondary N) is 2. The number of carbonyl (C=O) groups excluding carboxylic acids is 3. The molecule has 2 aromatic carbocycles. The lowest BCUT2D eigenvalue weighted by Crippen LogP contribution is -2.40. The zero-order valence-electron chi connectivity index (χ0n) is 16.1. The van der Waals surface area contributed by atoms with Crippen molar-refractivity contribution in [3.63, 3.8) is 0 Å². The normalized spacial score (nSPS) is 17.1. The average molecular weight is 395 g/mol. The van der Waals surface area contributed by atoms with Crippen molar-refractivity contribution in [2.75, 3.05) is 6.61 Å². The van der Waals surface area contributed by atoms with E-state index in [-0.39, 0.29) is 37.8 Å². The lowest BCUT2D eigenvalue weighted by atomic mass is 10.1. The number of hydrogen-bond acceptors (Lipinski definition) is 4. The van der Waals surface area contributed by atoms with E-state index in [1.54, 1.807) is 0 Å². The minimum atomic E-state index is -0.710. The van der Waals surface area contributed by atoms with Crippen LogP contribution in [0.25, 0.3) is 0 Å². The molecular weight excluding hydrogens is 370 g/mol. The van der Waals surface area contributed by atoms with Crippen LogP contribution in [0.1, 0.15) is 24.0 Å². The molecule has 4 amide bonds. The Balaban J connectivity index is 1.48. The number of benzene rings is 2. The standard InChI is InChI=1S/C22H25N3O4/c26-15-18(13-16-7-3-1-4-8-16)23-20(27)12-11-19-21(28)25(22(29)24-19)14-17-9-5-2-6-10-17/h1-10,18-19,26H,11-15H2,(H,23,27)(H,24,29). The first-order valence-electron chi connectivity index (χ1n) is 9.66. The predicted molar refractivity (Wildman–Crippen MR) is 108 cm³/mol. The first kappa shape index (κ1) is 20.5. The molecule has 0 bridgehead atoms. The third-order valence-electron chi connectivity index (χ3n) is 4.86. The molecule has 0 spiro atoms. The zero-order chi connectivity index (χ0) is 20.6. The van der Waals surface area contributed by atoms with Crippen LogP contribution in [-0.4, -0.2) is 46.5 Å². The van der Waals surface area contributed by atoms with E-state index < -0.39 is 18.1 Å². The molecule has 3 N–H and O–H groups in total. The summed E-state index contributed by atoms with van der Waals surface area (Å²) in [6.07, 6.45) is 0.819. The highest BCUT2D eigenvalue weighted by molar-refractivity contribution is 6.04. The quantitative estimate of drug-likeness (QED) is 0.562. The van der Waals surface area contributed by atoms with Crippen molar-refractivity contribution in [1.82, 2.24) is 15.5 Å². The molecule has 3 rings (SSSR count). The summed E-state index contributed by atoms with van der Waals surface area (Å²) in [5, 5.41) is 15.0. The lowest BCUT2D eigenvalue weighted by Gasteiger charge is -2.17. The van der Waals surface area contributed by atoms with Gasteiger partial charge in [0.25, 0.3) is 5.91 Å². The van der Waals surface area contributed by atoms with Gasteiger partial charge in [0.15, 0.2) is 0 Å². The number of rotatable bonds is 9. The number of aliphatic hydroxyl groups is 1. The van der Waals surface area contributed by atoms with Crippen LogP contribution in [0, 0.1) is 0 Å². The minimum absolute atomic E-state index is 0.0845. The van der Waals surface area contributed by atoms with Crippen molar-refractivity contribution in [3.8, 4) is 0 Å². The molecule has 7 nitrogen and oxygen atoms in total. The summed E-state index contributed by atoms with van der Waals surface area (Å²) in [6, 6.07) is 17.3. The van der Waals surface area contributed by atoms with E-state index in [1.165, 1.54) is 4.90 Å². The van der Waals surface area contributed by atoms with Crippen molar-refractivity contribution in [3.05, 3.63) is 71.8 Å². The van der Waals surface area contributed by atoms with Gasteiger partial charge < -0.3 is 15.7 Å². The van der Waals surface area contributed by atoms with E-state index in [2.05, 4.69) is 10.6 Å². The van der Waals surface area contributed by atoms with E-state index in [4.69, 9.17) is 0 Å². The van der Waals surface area contributed by atoms with Crippen molar-refractivity contribution < 1.29 is 19.5 Å². The maximum Gasteiger partial charge on any atom is 0.325 e. The fourth-order valence-electron chi connectivity index (χ4n) is 3.32. The fraction of sp³-hybridized carbons (Fsp3) is 0.318. The summed E-state index contributed by atoms with van der Waals surface area (Å²) >= 11 is 0. The van der Waals surface area contributed by atoms with Crippen molar-refractivity contribution in [2.45, 2.75) is 37.9 Å². The topological polar surface area (TPSA) is 98.7 Å². The molecule has 0 saturated carbocycles. The third kappa shape index (κ3) is 5.65. The average Bonchev–Trinajstić information content (AvgIpc) is 3.01. The summed E-state index contributed by atoms with van der Waals surface area (Å²) in [5.41, 5.74) is 1.88. The molecule has 0 aromatic heterocycles. The Hall–Kier alpha value is -3.19. The molecule has 2 atom stereocenters. The molecule has 1 heterocycles. The largest absolute Gasteiger partial charge is 0.394 e. The van der Waals surface area contributed by atoms with E-state index in [1.807, 2.05) is 60.7 Å². The molecule has 1 aliphatic heterocycles. The van der Waals surface area contributed by atoms with Gasteiger partial charge in [-0.1, -0.05) is 60.7 Å². The van der Waals surface area contributed by atoms with E-state index in [0.717, 1.165) is 11.1 Å². The predicted octanol–water partition coefficient (Wildman–Crippen LogP) is 1.61. The SMILES string of the molecule is O=C(CCC1NC(=O)N(Cc2ccccc2)C1=O)NC(CO)Cc1ccccc1. The molecule has 2 aromatic rings. The van der Waals surface area contributed by atoms with Gasteiger partial charge in [-0.25, -0.2) is 4.79 Å². The van der Waals surface area contributed by atoms with E-state index in [0.29, 0.717) is 6.42 Å². The second kappa shape index (κ2) is 9.84. The lowest BCUT2D eigenvalue weighted by molar-refractivity contribution is -0.128. The maximum absolute atomic E-state index is 12.5. The van der Waals surface area contributed by atoms with Crippen LogP contribution in [-0.2, 0) is 22.6 Å². The monoisotopic (exact) mass is 395 g/mol. The van der Waals surface area contributed by atoms with Crippen LogP contribution in [0.3, 0.4) is 0 Å². The van der Waals surface area contributed by atoms with Crippen LogP contribution < -0.4 is 10.6 Å². The highest BCUT2D eigenvalue weighted by Gasteiger charge is 2.37. The van der Waals surface area contributed by atoms with Gasteiger partial charge in [-0.05, 0) is 24.0 Å². The highest BCUT2D eigenvalue weighted by atomic mass is 16.3. The van der Waals surface area contributed by atoms with Crippen molar-refractivity contribution >= 4 is 17.8 Å². The van der Waals surface area contributed by atoms with Gasteiger partial charge in [0, 0.05) is 6.42 Å². The smallest absolute Gasteiger partial charge is 0.325 e. The Bertz CT molecular complexity index is 842. The number of aliphatic hydroxyl groups excluding tert-OH is 1. The summed E-state index contributed by atoms with van der Waals surface area (Å²) in [4.78, 5) is 38.1. The first-order chi connectivity index (χ1) is 14.1. The molecule has 1 saturated heterocycles. The van der Waals surface area contributed by atoms with Gasteiger partial charge in [-0.15, -0.1) is 0 Å². The number of carbonyl (C=O) groups is 3. The van der Waals surface area contributed by atoms with Gasteiger partial charge in [0.05, 0.1) is 19.2 Å². The number of urea groups is 1. The van der Waals surface area contributed by atoms with Gasteiger partial charge in [0.2, 0.25) is 5.91 Å². The molecule has 0 aliphatic carbocycles. The summed E-state index contributed by atoms with van der Waals surface area (Å²) in [6.45, 7) is 0.0302. The minimum Gasteiger partial charge on any atom is -0.394 e. The van der Waals surface area contributed by atoms with Gasteiger partial charge in [0.1, 0.15) is 6.04 Å². The third-order valence-corrected chi connectivity index (χ3v) is 4.86. The molecule has 7 heteroatoms. The molecular formula is C22H25N3O4. The summed E-state index contributed by atoms with van der Waals surface area (Å²) in [5.74, 6) is -0.585. The van der Waals surface area contributed by atoms with Gasteiger partial charge >= 0.3 is 6.03 Å².